The monoisotopic (exact) mass is 318 g/mol. The number of amides is 1. The molecule has 0 fully saturated rings. The molecule has 0 aliphatic rings. The van der Waals surface area contributed by atoms with Gasteiger partial charge in [-0.3, -0.25) is 4.79 Å². The Kier molecular flexibility index (Phi) is 5.62. The number of phenolic OH excluding ortho intramolecular Hbond substituents is 1. The van der Waals surface area contributed by atoms with E-state index in [0.717, 1.165) is 12.1 Å². The van der Waals surface area contributed by atoms with Crippen molar-refractivity contribution in [2.45, 2.75) is 32.6 Å². The highest BCUT2D eigenvalue weighted by atomic mass is 16.5. The number of carbonyl (C=O) groups is 1. The third-order valence-electron chi connectivity index (χ3n) is 3.85. The zero-order valence-electron chi connectivity index (χ0n) is 13.6. The number of nitrogens with zero attached hydrogens (tertiary/aromatic N) is 1. The summed E-state index contributed by atoms with van der Waals surface area (Å²) in [5.74, 6) is 0.670. The number of ether oxygens (including phenoxy) is 1. The molecule has 1 aromatic carbocycles. The number of rotatable bonds is 7. The first kappa shape index (κ1) is 16.9. The molecule has 0 saturated carbocycles. The first-order chi connectivity index (χ1) is 11.1. The van der Waals surface area contributed by atoms with E-state index in [1.165, 1.54) is 7.11 Å². The van der Waals surface area contributed by atoms with E-state index in [0.29, 0.717) is 24.3 Å². The van der Waals surface area contributed by atoms with E-state index in [2.05, 4.69) is 17.4 Å². The Morgan fingerprint density at radius 3 is 2.96 bits per heavy atom. The Morgan fingerprint density at radius 1 is 1.48 bits per heavy atom. The van der Waals surface area contributed by atoms with Crippen LogP contribution < -0.4 is 10.1 Å². The predicted octanol–water partition coefficient (Wildman–Crippen LogP) is 2.87. The maximum atomic E-state index is 12.0. The summed E-state index contributed by atoms with van der Waals surface area (Å²) < 4.78 is 10.1. The number of nitrogens with one attached hydrogen (secondary N) is 1. The van der Waals surface area contributed by atoms with Crippen LogP contribution in [0.4, 0.5) is 0 Å². The van der Waals surface area contributed by atoms with Crippen molar-refractivity contribution >= 4 is 5.91 Å². The summed E-state index contributed by atoms with van der Waals surface area (Å²) in [6, 6.07) is 6.94. The van der Waals surface area contributed by atoms with Gasteiger partial charge in [0.15, 0.2) is 11.5 Å². The van der Waals surface area contributed by atoms with Crippen molar-refractivity contribution in [2.75, 3.05) is 13.7 Å². The lowest BCUT2D eigenvalue weighted by Crippen LogP contribution is -2.25. The molecular weight excluding hydrogens is 296 g/mol. The fraction of sp³-hybridized carbons (Fsp3) is 0.412. The summed E-state index contributed by atoms with van der Waals surface area (Å²) in [6.07, 6.45) is 1.42. The third-order valence-corrected chi connectivity index (χ3v) is 3.85. The van der Waals surface area contributed by atoms with E-state index in [1.807, 2.05) is 6.92 Å². The van der Waals surface area contributed by atoms with Crippen molar-refractivity contribution in [3.8, 4) is 11.5 Å². The molecule has 0 spiro atoms. The van der Waals surface area contributed by atoms with Gasteiger partial charge in [-0.1, -0.05) is 31.1 Å². The number of methoxy groups -OCH3 is 1. The summed E-state index contributed by atoms with van der Waals surface area (Å²) in [7, 11) is 1.50. The molecule has 2 rings (SSSR count). The van der Waals surface area contributed by atoms with E-state index in [4.69, 9.17) is 9.26 Å². The molecule has 1 heterocycles. The summed E-state index contributed by atoms with van der Waals surface area (Å²) in [5.41, 5.74) is 1.49. The van der Waals surface area contributed by atoms with E-state index in [-0.39, 0.29) is 23.3 Å². The van der Waals surface area contributed by atoms with E-state index in [9.17, 15) is 9.90 Å². The SMILES string of the molecule is CCC(C)c1cc(C(=O)NCCc2cccc(OC)c2O)on1. The van der Waals surface area contributed by atoms with Gasteiger partial charge < -0.3 is 19.7 Å². The second-order valence-corrected chi connectivity index (χ2v) is 5.40. The molecule has 23 heavy (non-hydrogen) atoms. The van der Waals surface area contributed by atoms with Gasteiger partial charge in [0.25, 0.3) is 5.91 Å². The van der Waals surface area contributed by atoms with Gasteiger partial charge in [0.2, 0.25) is 5.76 Å². The van der Waals surface area contributed by atoms with Crippen LogP contribution >= 0.6 is 0 Å². The summed E-state index contributed by atoms with van der Waals surface area (Å²) in [4.78, 5) is 12.0. The number of aromatic hydroxyl groups is 1. The van der Waals surface area contributed by atoms with Crippen LogP contribution in [0.25, 0.3) is 0 Å². The molecule has 1 unspecified atom stereocenters. The highest BCUT2D eigenvalue weighted by Crippen LogP contribution is 2.29. The molecule has 124 valence electrons. The Labute approximate surface area is 135 Å². The van der Waals surface area contributed by atoms with Crippen molar-refractivity contribution in [3.05, 3.63) is 41.3 Å². The van der Waals surface area contributed by atoms with Crippen LogP contribution in [-0.4, -0.2) is 29.8 Å². The quantitative estimate of drug-likeness (QED) is 0.820. The number of hydrogen-bond acceptors (Lipinski definition) is 5. The number of aromatic nitrogens is 1. The largest absolute Gasteiger partial charge is 0.504 e. The van der Waals surface area contributed by atoms with E-state index in [1.54, 1.807) is 24.3 Å². The highest BCUT2D eigenvalue weighted by Gasteiger charge is 2.16. The first-order valence-electron chi connectivity index (χ1n) is 7.66. The Hall–Kier alpha value is -2.50. The number of benzene rings is 1. The van der Waals surface area contributed by atoms with Gasteiger partial charge in [-0.15, -0.1) is 0 Å². The van der Waals surface area contributed by atoms with Crippen LogP contribution in [0.3, 0.4) is 0 Å². The van der Waals surface area contributed by atoms with Crippen molar-refractivity contribution < 1.29 is 19.2 Å². The minimum absolute atomic E-state index is 0.1000. The van der Waals surface area contributed by atoms with Crippen LogP contribution in [0.5, 0.6) is 11.5 Å². The van der Waals surface area contributed by atoms with Gasteiger partial charge in [0, 0.05) is 18.5 Å². The van der Waals surface area contributed by atoms with Crippen LogP contribution in [0, 0.1) is 0 Å². The average Bonchev–Trinajstić information content (AvgIpc) is 3.05. The lowest BCUT2D eigenvalue weighted by Gasteiger charge is -2.08. The number of phenols is 1. The second-order valence-electron chi connectivity index (χ2n) is 5.40. The normalized spacial score (nSPS) is 12.0. The minimum Gasteiger partial charge on any atom is -0.504 e. The molecule has 2 aromatic rings. The highest BCUT2D eigenvalue weighted by molar-refractivity contribution is 5.91. The van der Waals surface area contributed by atoms with Gasteiger partial charge in [-0.05, 0) is 24.5 Å². The molecule has 1 aromatic heterocycles. The summed E-state index contributed by atoms with van der Waals surface area (Å²) in [5, 5.41) is 16.7. The predicted molar refractivity (Wildman–Crippen MR) is 85.9 cm³/mol. The van der Waals surface area contributed by atoms with Crippen LogP contribution in [0.2, 0.25) is 0 Å². The van der Waals surface area contributed by atoms with E-state index >= 15 is 0 Å². The fourth-order valence-corrected chi connectivity index (χ4v) is 2.17. The van der Waals surface area contributed by atoms with Crippen LogP contribution in [0.1, 0.15) is 48.0 Å². The van der Waals surface area contributed by atoms with Crippen LogP contribution in [0.15, 0.2) is 28.8 Å². The van der Waals surface area contributed by atoms with Crippen molar-refractivity contribution in [3.63, 3.8) is 0 Å². The maximum Gasteiger partial charge on any atom is 0.289 e. The summed E-state index contributed by atoms with van der Waals surface area (Å²) >= 11 is 0. The molecule has 6 heteroatoms. The maximum absolute atomic E-state index is 12.0. The van der Waals surface area contributed by atoms with Gasteiger partial charge in [-0.25, -0.2) is 0 Å². The Morgan fingerprint density at radius 2 is 2.26 bits per heavy atom. The zero-order valence-corrected chi connectivity index (χ0v) is 13.6. The molecule has 0 radical (unpaired) electrons. The Bertz CT molecular complexity index is 666. The average molecular weight is 318 g/mol. The first-order valence-corrected chi connectivity index (χ1v) is 7.66. The van der Waals surface area contributed by atoms with Gasteiger partial charge >= 0.3 is 0 Å². The smallest absolute Gasteiger partial charge is 0.289 e. The molecule has 6 nitrogen and oxygen atoms in total. The van der Waals surface area contributed by atoms with Gasteiger partial charge in [0.05, 0.1) is 12.8 Å². The number of carbonyl (C=O) groups excluding carboxylic acids is 1. The molecule has 0 aliphatic carbocycles. The molecule has 0 aliphatic heterocycles. The molecule has 1 atom stereocenters. The van der Waals surface area contributed by atoms with Crippen molar-refractivity contribution in [1.29, 1.82) is 0 Å². The molecular formula is C17H22N2O4. The van der Waals surface area contributed by atoms with Gasteiger partial charge in [-0.2, -0.15) is 0 Å². The molecule has 1 amide bonds. The minimum atomic E-state index is -0.311. The lowest BCUT2D eigenvalue weighted by atomic mass is 10.1. The topological polar surface area (TPSA) is 84.6 Å². The molecule has 2 N–H and O–H groups in total. The Balaban J connectivity index is 1.91. The zero-order chi connectivity index (χ0) is 16.8. The van der Waals surface area contributed by atoms with Crippen molar-refractivity contribution in [1.82, 2.24) is 10.5 Å². The fourth-order valence-electron chi connectivity index (χ4n) is 2.17. The van der Waals surface area contributed by atoms with Crippen LogP contribution in [-0.2, 0) is 6.42 Å². The molecule has 0 bridgehead atoms. The van der Waals surface area contributed by atoms with Crippen molar-refractivity contribution in [2.24, 2.45) is 0 Å². The van der Waals surface area contributed by atoms with Gasteiger partial charge in [0.1, 0.15) is 0 Å². The molecule has 0 saturated heterocycles. The lowest BCUT2D eigenvalue weighted by molar-refractivity contribution is 0.0917. The standard InChI is InChI=1S/C17H22N2O4/c1-4-11(2)13-10-15(23-19-13)17(21)18-9-8-12-6-5-7-14(22-3)16(12)20/h5-7,10-11,20H,4,8-9H2,1-3H3,(H,18,21). The summed E-state index contributed by atoms with van der Waals surface area (Å²) in [6.45, 7) is 4.46. The third kappa shape index (κ3) is 4.03. The number of hydrogen-bond donors (Lipinski definition) is 2. The number of para-hydroxylation sites is 1. The van der Waals surface area contributed by atoms with E-state index < -0.39 is 0 Å². The second kappa shape index (κ2) is 7.67.